The molecule has 0 bridgehead atoms. The quantitative estimate of drug-likeness (QED) is 0.187. The van der Waals surface area contributed by atoms with Crippen LogP contribution in [0.3, 0.4) is 0 Å². The van der Waals surface area contributed by atoms with E-state index < -0.39 is 6.04 Å². The molecular weight excluding hydrogens is 362 g/mol. The number of unbranched alkanes of at least 4 members (excludes halogenated alkanes) is 13. The zero-order chi connectivity index (χ0) is 21.2. The summed E-state index contributed by atoms with van der Waals surface area (Å²) in [6.07, 6.45) is 22.3. The van der Waals surface area contributed by atoms with Crippen molar-refractivity contribution in [1.29, 1.82) is 0 Å². The molecule has 1 N–H and O–H groups in total. The molecular formula is C25H47NO3. The van der Waals surface area contributed by atoms with Gasteiger partial charge in [0.2, 0.25) is 5.91 Å². The van der Waals surface area contributed by atoms with Crippen LogP contribution in [0.15, 0.2) is 0 Å². The summed E-state index contributed by atoms with van der Waals surface area (Å²) >= 11 is 0. The SMILES string of the molecule is CCCCCCCCCCCC(CCCCCCCC)OC(=O)C1CCC(=O)N1. The predicted molar refractivity (Wildman–Crippen MR) is 121 cm³/mol. The topological polar surface area (TPSA) is 55.4 Å². The van der Waals surface area contributed by atoms with E-state index in [1.807, 2.05) is 0 Å². The lowest BCUT2D eigenvalue weighted by molar-refractivity contribution is -0.152. The summed E-state index contributed by atoms with van der Waals surface area (Å²) < 4.78 is 5.83. The van der Waals surface area contributed by atoms with Gasteiger partial charge in [-0.1, -0.05) is 97.3 Å². The number of esters is 1. The van der Waals surface area contributed by atoms with E-state index in [1.165, 1.54) is 83.5 Å². The third-order valence-electron chi connectivity index (χ3n) is 6.07. The van der Waals surface area contributed by atoms with E-state index >= 15 is 0 Å². The van der Waals surface area contributed by atoms with E-state index in [1.54, 1.807) is 0 Å². The summed E-state index contributed by atoms with van der Waals surface area (Å²) in [5.74, 6) is -0.249. The second-order valence-electron chi connectivity index (χ2n) is 8.89. The number of hydrogen-bond acceptors (Lipinski definition) is 3. The molecule has 0 aliphatic carbocycles. The molecule has 0 saturated carbocycles. The molecule has 29 heavy (non-hydrogen) atoms. The average molecular weight is 410 g/mol. The first-order valence-electron chi connectivity index (χ1n) is 12.7. The highest BCUT2D eigenvalue weighted by Crippen LogP contribution is 2.19. The van der Waals surface area contributed by atoms with Gasteiger partial charge in [0, 0.05) is 6.42 Å². The number of nitrogens with one attached hydrogen (secondary N) is 1. The molecule has 4 heteroatoms. The molecule has 0 aromatic carbocycles. The molecule has 1 aliphatic rings. The highest BCUT2D eigenvalue weighted by Gasteiger charge is 2.30. The fourth-order valence-electron chi connectivity index (χ4n) is 4.13. The fourth-order valence-corrected chi connectivity index (χ4v) is 4.13. The zero-order valence-electron chi connectivity index (χ0n) is 19.3. The smallest absolute Gasteiger partial charge is 0.328 e. The Balaban J connectivity index is 2.22. The van der Waals surface area contributed by atoms with Crippen molar-refractivity contribution in [1.82, 2.24) is 5.32 Å². The normalized spacial score (nSPS) is 17.3. The van der Waals surface area contributed by atoms with Crippen molar-refractivity contribution in [3.8, 4) is 0 Å². The van der Waals surface area contributed by atoms with Crippen molar-refractivity contribution in [2.75, 3.05) is 0 Å². The summed E-state index contributed by atoms with van der Waals surface area (Å²) in [6, 6.07) is -0.419. The molecule has 4 nitrogen and oxygen atoms in total. The molecule has 0 aromatic rings. The second-order valence-corrected chi connectivity index (χ2v) is 8.89. The van der Waals surface area contributed by atoms with Crippen molar-refractivity contribution < 1.29 is 14.3 Å². The van der Waals surface area contributed by atoms with E-state index in [0.29, 0.717) is 12.8 Å². The van der Waals surface area contributed by atoms with Crippen molar-refractivity contribution in [3.05, 3.63) is 0 Å². The van der Waals surface area contributed by atoms with Crippen LogP contribution in [0.25, 0.3) is 0 Å². The highest BCUT2D eigenvalue weighted by atomic mass is 16.5. The molecule has 1 saturated heterocycles. The third-order valence-corrected chi connectivity index (χ3v) is 6.07. The Morgan fingerprint density at radius 1 is 0.828 bits per heavy atom. The van der Waals surface area contributed by atoms with Gasteiger partial charge in [-0.3, -0.25) is 4.79 Å². The van der Waals surface area contributed by atoms with Crippen LogP contribution in [0.5, 0.6) is 0 Å². The molecule has 1 aliphatic heterocycles. The van der Waals surface area contributed by atoms with Gasteiger partial charge < -0.3 is 10.1 Å². The summed E-state index contributed by atoms with van der Waals surface area (Å²) in [6.45, 7) is 4.50. The number of carbonyl (C=O) groups is 2. The van der Waals surface area contributed by atoms with Crippen LogP contribution in [-0.2, 0) is 14.3 Å². The van der Waals surface area contributed by atoms with Crippen molar-refractivity contribution >= 4 is 11.9 Å². The lowest BCUT2D eigenvalue weighted by Crippen LogP contribution is -2.36. The Kier molecular flexibility index (Phi) is 15.9. The lowest BCUT2D eigenvalue weighted by Gasteiger charge is -2.20. The van der Waals surface area contributed by atoms with Crippen molar-refractivity contribution in [2.45, 2.75) is 148 Å². The third kappa shape index (κ3) is 13.7. The maximum absolute atomic E-state index is 12.4. The minimum atomic E-state index is -0.419. The van der Waals surface area contributed by atoms with Gasteiger partial charge in [0.25, 0.3) is 0 Å². The zero-order valence-corrected chi connectivity index (χ0v) is 19.3. The molecule has 1 heterocycles. The van der Waals surface area contributed by atoms with E-state index in [9.17, 15) is 9.59 Å². The number of hydrogen-bond donors (Lipinski definition) is 1. The molecule has 0 aromatic heterocycles. The highest BCUT2D eigenvalue weighted by molar-refractivity contribution is 5.88. The average Bonchev–Trinajstić information content (AvgIpc) is 3.15. The van der Waals surface area contributed by atoms with Crippen LogP contribution in [0.1, 0.15) is 136 Å². The lowest BCUT2D eigenvalue weighted by atomic mass is 10.0. The standard InChI is InChI=1S/C25H47NO3/c1-3-5-7-9-11-12-13-15-17-19-22(18-16-14-10-8-6-4-2)29-25(28)23-20-21-24(27)26-23/h22-23H,3-21H2,1-2H3,(H,26,27). The van der Waals surface area contributed by atoms with Gasteiger partial charge in [-0.15, -0.1) is 0 Å². The van der Waals surface area contributed by atoms with E-state index in [4.69, 9.17) is 4.74 Å². The van der Waals surface area contributed by atoms with Gasteiger partial charge in [0.15, 0.2) is 0 Å². The van der Waals surface area contributed by atoms with Crippen molar-refractivity contribution in [2.24, 2.45) is 0 Å². The number of ether oxygens (including phenoxy) is 1. The Bertz CT molecular complexity index is 424. The van der Waals surface area contributed by atoms with Gasteiger partial charge in [0.1, 0.15) is 12.1 Å². The molecule has 2 unspecified atom stereocenters. The largest absolute Gasteiger partial charge is 0.461 e. The summed E-state index contributed by atoms with van der Waals surface area (Å²) in [5.41, 5.74) is 0. The monoisotopic (exact) mass is 409 g/mol. The molecule has 0 spiro atoms. The molecule has 1 fully saturated rings. The Morgan fingerprint density at radius 2 is 1.28 bits per heavy atom. The molecule has 1 rings (SSSR count). The minimum absolute atomic E-state index is 0.0238. The van der Waals surface area contributed by atoms with Gasteiger partial charge in [0.05, 0.1) is 0 Å². The first-order valence-corrected chi connectivity index (χ1v) is 12.7. The molecule has 1 amide bonds. The second kappa shape index (κ2) is 17.8. The Morgan fingerprint density at radius 3 is 1.69 bits per heavy atom. The van der Waals surface area contributed by atoms with Crippen LogP contribution < -0.4 is 5.32 Å². The number of amides is 1. The summed E-state index contributed by atoms with van der Waals surface area (Å²) in [7, 11) is 0. The number of rotatable bonds is 19. The van der Waals surface area contributed by atoms with Crippen LogP contribution in [0.4, 0.5) is 0 Å². The van der Waals surface area contributed by atoms with Gasteiger partial charge in [-0.25, -0.2) is 4.79 Å². The Hall–Kier alpha value is -1.06. The van der Waals surface area contributed by atoms with Crippen molar-refractivity contribution in [3.63, 3.8) is 0 Å². The first kappa shape index (κ1) is 26.0. The van der Waals surface area contributed by atoms with Crippen LogP contribution in [0, 0.1) is 0 Å². The van der Waals surface area contributed by atoms with Gasteiger partial charge in [-0.2, -0.15) is 0 Å². The molecule has 2 atom stereocenters. The van der Waals surface area contributed by atoms with Crippen LogP contribution in [-0.4, -0.2) is 24.0 Å². The van der Waals surface area contributed by atoms with E-state index in [0.717, 1.165) is 25.7 Å². The maximum atomic E-state index is 12.4. The van der Waals surface area contributed by atoms with E-state index in [-0.39, 0.29) is 18.0 Å². The molecule has 170 valence electrons. The predicted octanol–water partition coefficient (Wildman–Crippen LogP) is 6.85. The number of carbonyl (C=O) groups excluding carboxylic acids is 2. The first-order chi connectivity index (χ1) is 14.2. The summed E-state index contributed by atoms with van der Waals surface area (Å²) in [5, 5.41) is 2.74. The van der Waals surface area contributed by atoms with Crippen LogP contribution >= 0.6 is 0 Å². The summed E-state index contributed by atoms with van der Waals surface area (Å²) in [4.78, 5) is 23.8. The maximum Gasteiger partial charge on any atom is 0.328 e. The van der Waals surface area contributed by atoms with Gasteiger partial charge in [-0.05, 0) is 32.1 Å². The van der Waals surface area contributed by atoms with Gasteiger partial charge >= 0.3 is 5.97 Å². The van der Waals surface area contributed by atoms with E-state index in [2.05, 4.69) is 19.2 Å². The molecule has 0 radical (unpaired) electrons. The Labute approximate surface area is 179 Å². The fraction of sp³-hybridized carbons (Fsp3) is 0.920. The van der Waals surface area contributed by atoms with Crippen LogP contribution in [0.2, 0.25) is 0 Å². The minimum Gasteiger partial charge on any atom is -0.461 e.